The molecule has 9 heteroatoms. The van der Waals surface area contributed by atoms with Crippen LogP contribution in [0.5, 0.6) is 0 Å². The third kappa shape index (κ3) is 4.58. The summed E-state index contributed by atoms with van der Waals surface area (Å²) in [6.07, 6.45) is 11.1. The molecule has 1 aromatic rings. The number of hydrogen-bond donors (Lipinski definition) is 1. The van der Waals surface area contributed by atoms with E-state index in [4.69, 9.17) is 16.3 Å². The number of carbonyl (C=O) groups is 3. The Balaban J connectivity index is 1.65. The normalized spacial score (nSPS) is 32.9. The van der Waals surface area contributed by atoms with Gasteiger partial charge in [-0.05, 0) is 43.7 Å². The lowest BCUT2D eigenvalue weighted by Crippen LogP contribution is -2.57. The molecule has 6 atom stereocenters. The predicted molar refractivity (Wildman–Crippen MR) is 149 cm³/mol. The van der Waals surface area contributed by atoms with Crippen molar-refractivity contribution in [3.8, 4) is 0 Å². The molecule has 38 heavy (non-hydrogen) atoms. The Bertz CT molecular complexity index is 1160. The van der Waals surface area contributed by atoms with Crippen LogP contribution in [0, 0.1) is 17.8 Å². The van der Waals surface area contributed by atoms with Gasteiger partial charge in [-0.15, -0.1) is 11.8 Å². The van der Waals surface area contributed by atoms with Crippen molar-refractivity contribution in [2.45, 2.75) is 61.6 Å². The van der Waals surface area contributed by atoms with Gasteiger partial charge in [0.2, 0.25) is 5.91 Å². The summed E-state index contributed by atoms with van der Waals surface area (Å²) in [4.78, 5) is 45.6. The van der Waals surface area contributed by atoms with Crippen molar-refractivity contribution >= 4 is 46.8 Å². The molecular weight excluding hydrogens is 524 g/mol. The van der Waals surface area contributed by atoms with Crippen LogP contribution in [-0.4, -0.2) is 69.6 Å². The van der Waals surface area contributed by atoms with Gasteiger partial charge in [-0.3, -0.25) is 14.4 Å². The molecule has 4 aliphatic heterocycles. The molecule has 0 aromatic heterocycles. The number of aliphatic hydroxyl groups is 1. The summed E-state index contributed by atoms with van der Waals surface area (Å²) in [6.45, 7) is 4.40. The molecule has 2 fully saturated rings. The number of aliphatic hydroxyl groups excluding tert-OH is 1. The average molecular weight is 559 g/mol. The minimum Gasteiger partial charge on any atom is -0.465 e. The number of esters is 1. The molecule has 5 rings (SSSR count). The van der Waals surface area contributed by atoms with Crippen molar-refractivity contribution in [3.63, 3.8) is 0 Å². The number of fused-ring (bicyclic) bond motifs is 2. The SMILES string of the molecule is CC(C)C[C@H](CO)N1C(=O)[C@@H]2[C@H]3C(=O)OCCCC/C=C\[C@H]3S[C@@]23C=CCN(c2ccccc2Cl)C(=O)C13. The highest BCUT2D eigenvalue weighted by Crippen LogP contribution is 2.61. The number of anilines is 1. The number of likely N-dealkylation sites (tertiary alicyclic amines) is 1. The first-order valence-electron chi connectivity index (χ1n) is 13.5. The molecule has 1 unspecified atom stereocenters. The monoisotopic (exact) mass is 558 g/mol. The van der Waals surface area contributed by atoms with Gasteiger partial charge in [0.15, 0.2) is 0 Å². The lowest BCUT2D eigenvalue weighted by molar-refractivity contribution is -0.153. The second-order valence-electron chi connectivity index (χ2n) is 10.9. The van der Waals surface area contributed by atoms with Gasteiger partial charge in [0.25, 0.3) is 5.91 Å². The molecule has 2 saturated heterocycles. The van der Waals surface area contributed by atoms with Crippen molar-refractivity contribution in [3.05, 3.63) is 53.6 Å². The molecule has 0 radical (unpaired) electrons. The number of benzene rings is 1. The lowest BCUT2D eigenvalue weighted by atomic mass is 9.78. The average Bonchev–Trinajstić information content (AvgIpc) is 3.28. The smallest absolute Gasteiger partial charge is 0.311 e. The fourth-order valence-electron chi connectivity index (χ4n) is 6.46. The summed E-state index contributed by atoms with van der Waals surface area (Å²) >= 11 is 8.04. The number of halogens is 1. The highest BCUT2D eigenvalue weighted by atomic mass is 35.5. The number of allylic oxidation sites excluding steroid dienone is 1. The minimum absolute atomic E-state index is 0.189. The van der Waals surface area contributed by atoms with Crippen LogP contribution in [0.1, 0.15) is 39.5 Å². The van der Waals surface area contributed by atoms with E-state index in [1.807, 2.05) is 44.2 Å². The summed E-state index contributed by atoms with van der Waals surface area (Å²) < 4.78 is 4.70. The van der Waals surface area contributed by atoms with Crippen LogP contribution < -0.4 is 4.90 Å². The standard InChI is InChI=1S/C29H35ClN2O5S/c1-18(2)16-19(17-33)32-25-27(35)31(21-11-7-6-10-20(21)30)14-9-13-29(25)24(26(32)34)23-22(38-29)12-5-3-4-8-15-37-28(23)36/h5-7,9-13,18-19,22-25,33H,3-4,8,14-17H2,1-2H3/b12-5-/t19-,22-,23+,24+,25?,29+/m1/s1. The molecule has 0 saturated carbocycles. The number of para-hydroxylation sites is 1. The van der Waals surface area contributed by atoms with E-state index in [-0.39, 0.29) is 35.6 Å². The summed E-state index contributed by atoms with van der Waals surface area (Å²) in [7, 11) is 0. The Morgan fingerprint density at radius 2 is 1.95 bits per heavy atom. The summed E-state index contributed by atoms with van der Waals surface area (Å²) in [5.74, 6) is -2.20. The van der Waals surface area contributed by atoms with Gasteiger partial charge in [-0.25, -0.2) is 0 Å². The van der Waals surface area contributed by atoms with E-state index in [1.54, 1.807) is 21.9 Å². The molecule has 1 spiro atoms. The summed E-state index contributed by atoms with van der Waals surface area (Å²) in [5.41, 5.74) is 0.572. The first-order valence-corrected chi connectivity index (χ1v) is 14.7. The number of amides is 2. The van der Waals surface area contributed by atoms with E-state index in [0.29, 0.717) is 30.3 Å². The number of rotatable bonds is 5. The Kier molecular flexibility index (Phi) is 7.94. The largest absolute Gasteiger partial charge is 0.465 e. The van der Waals surface area contributed by atoms with Crippen LogP contribution >= 0.6 is 23.4 Å². The van der Waals surface area contributed by atoms with E-state index in [9.17, 15) is 19.5 Å². The van der Waals surface area contributed by atoms with Crippen LogP contribution in [0.4, 0.5) is 5.69 Å². The number of hydrogen-bond acceptors (Lipinski definition) is 6. The number of ether oxygens (including phenoxy) is 1. The van der Waals surface area contributed by atoms with Crippen molar-refractivity contribution in [2.24, 2.45) is 17.8 Å². The van der Waals surface area contributed by atoms with E-state index in [2.05, 4.69) is 6.08 Å². The second kappa shape index (κ2) is 11.1. The van der Waals surface area contributed by atoms with Gasteiger partial charge in [-0.2, -0.15) is 0 Å². The molecule has 0 aliphatic carbocycles. The number of nitrogens with zero attached hydrogens (tertiary/aromatic N) is 2. The van der Waals surface area contributed by atoms with E-state index < -0.39 is 28.7 Å². The Hall–Kier alpha value is -2.29. The highest BCUT2D eigenvalue weighted by molar-refractivity contribution is 8.02. The van der Waals surface area contributed by atoms with Crippen molar-refractivity contribution in [2.75, 3.05) is 24.7 Å². The first kappa shape index (κ1) is 27.3. The Morgan fingerprint density at radius 3 is 2.68 bits per heavy atom. The van der Waals surface area contributed by atoms with Crippen molar-refractivity contribution < 1.29 is 24.2 Å². The fraction of sp³-hybridized carbons (Fsp3) is 0.552. The zero-order valence-electron chi connectivity index (χ0n) is 21.8. The second-order valence-corrected chi connectivity index (χ2v) is 12.8. The van der Waals surface area contributed by atoms with Gasteiger partial charge in [0.1, 0.15) is 6.04 Å². The Labute approximate surface area is 233 Å². The van der Waals surface area contributed by atoms with E-state index in [0.717, 1.165) is 19.3 Å². The number of cyclic esters (lactones) is 1. The van der Waals surface area contributed by atoms with Crippen LogP contribution in [0.3, 0.4) is 0 Å². The van der Waals surface area contributed by atoms with Crippen molar-refractivity contribution in [1.82, 2.24) is 4.90 Å². The first-order chi connectivity index (χ1) is 18.3. The molecule has 0 bridgehead atoms. The maximum Gasteiger partial charge on any atom is 0.311 e. The highest BCUT2D eigenvalue weighted by Gasteiger charge is 2.71. The maximum atomic E-state index is 14.5. The number of thioether (sulfide) groups is 1. The summed E-state index contributed by atoms with van der Waals surface area (Å²) in [6, 6.07) is 5.73. The molecule has 4 heterocycles. The van der Waals surface area contributed by atoms with Crippen LogP contribution in [0.25, 0.3) is 0 Å². The fourth-order valence-corrected chi connectivity index (χ4v) is 8.68. The third-order valence-electron chi connectivity index (χ3n) is 8.03. The molecule has 204 valence electrons. The van der Waals surface area contributed by atoms with Crippen molar-refractivity contribution in [1.29, 1.82) is 0 Å². The van der Waals surface area contributed by atoms with Gasteiger partial charge in [-0.1, -0.05) is 61.9 Å². The third-order valence-corrected chi connectivity index (χ3v) is 10.1. The van der Waals surface area contributed by atoms with Gasteiger partial charge in [0, 0.05) is 11.8 Å². The predicted octanol–water partition coefficient (Wildman–Crippen LogP) is 4.23. The maximum absolute atomic E-state index is 14.5. The molecule has 1 N–H and O–H groups in total. The van der Waals surface area contributed by atoms with Crippen LogP contribution in [-0.2, 0) is 19.1 Å². The number of carbonyl (C=O) groups excluding carboxylic acids is 3. The molecule has 2 amide bonds. The van der Waals surface area contributed by atoms with Gasteiger partial charge < -0.3 is 19.6 Å². The zero-order chi connectivity index (χ0) is 27.0. The lowest BCUT2D eigenvalue weighted by Gasteiger charge is -2.39. The molecule has 7 nitrogen and oxygen atoms in total. The quantitative estimate of drug-likeness (QED) is 0.430. The van der Waals surface area contributed by atoms with Crippen LogP contribution in [0.15, 0.2) is 48.6 Å². The molecular formula is C29H35ClN2O5S. The minimum atomic E-state index is -0.971. The molecule has 1 aromatic carbocycles. The van der Waals surface area contributed by atoms with E-state index in [1.165, 1.54) is 11.8 Å². The van der Waals surface area contributed by atoms with E-state index >= 15 is 0 Å². The zero-order valence-corrected chi connectivity index (χ0v) is 23.4. The summed E-state index contributed by atoms with van der Waals surface area (Å²) in [5, 5.41) is 10.6. The molecule has 4 aliphatic rings. The Morgan fingerprint density at radius 1 is 1.16 bits per heavy atom. The van der Waals surface area contributed by atoms with Gasteiger partial charge >= 0.3 is 5.97 Å². The van der Waals surface area contributed by atoms with Gasteiger partial charge in [0.05, 0.1) is 46.5 Å². The van der Waals surface area contributed by atoms with Crippen LogP contribution in [0.2, 0.25) is 5.02 Å². The topological polar surface area (TPSA) is 87.2 Å².